The molecule has 7 heteroatoms. The van der Waals surface area contributed by atoms with Crippen molar-refractivity contribution >= 4 is 22.5 Å². The van der Waals surface area contributed by atoms with Gasteiger partial charge < -0.3 is 19.6 Å². The number of aryl methyl sites for hydroxylation is 2. The number of aromatic nitrogens is 2. The van der Waals surface area contributed by atoms with E-state index in [0.29, 0.717) is 29.3 Å². The summed E-state index contributed by atoms with van der Waals surface area (Å²) in [4.78, 5) is 26.8. The van der Waals surface area contributed by atoms with Crippen molar-refractivity contribution < 1.29 is 14.1 Å². The standard InChI is InChI=1S/C18H19N3O4/c1-10-15(11(2)25-21-10)8-18(23)19-13-4-5-14-12(9-24-3)6-17(22)20-16(14)7-13/h4-7H,8-9H2,1-3H3,(H,19,23)(H,20,22). The smallest absolute Gasteiger partial charge is 0.248 e. The Kier molecular flexibility index (Phi) is 4.67. The molecule has 0 aliphatic carbocycles. The lowest BCUT2D eigenvalue weighted by Crippen LogP contribution is -2.15. The molecule has 0 saturated heterocycles. The maximum atomic E-state index is 12.3. The SMILES string of the molecule is COCc1cc(=O)[nH]c2cc(NC(=O)Cc3c(C)noc3C)ccc12. The molecule has 0 aliphatic rings. The zero-order valence-corrected chi connectivity index (χ0v) is 14.3. The lowest BCUT2D eigenvalue weighted by atomic mass is 10.1. The minimum atomic E-state index is -0.209. The lowest BCUT2D eigenvalue weighted by molar-refractivity contribution is -0.115. The number of carbonyl (C=O) groups is 1. The number of nitrogens with zero attached hydrogens (tertiary/aromatic N) is 1. The molecular weight excluding hydrogens is 322 g/mol. The Morgan fingerprint density at radius 3 is 2.80 bits per heavy atom. The minimum absolute atomic E-state index is 0.177. The number of ether oxygens (including phenoxy) is 1. The van der Waals surface area contributed by atoms with Crippen LogP contribution in [0, 0.1) is 13.8 Å². The van der Waals surface area contributed by atoms with E-state index in [-0.39, 0.29) is 17.9 Å². The summed E-state index contributed by atoms with van der Waals surface area (Å²) in [5.74, 6) is 0.462. The van der Waals surface area contributed by atoms with Crippen molar-refractivity contribution in [3.05, 3.63) is 57.2 Å². The Labute approximate surface area is 144 Å². The zero-order valence-electron chi connectivity index (χ0n) is 14.3. The highest BCUT2D eigenvalue weighted by Crippen LogP contribution is 2.21. The molecule has 0 radical (unpaired) electrons. The summed E-state index contributed by atoms with van der Waals surface area (Å²) >= 11 is 0. The number of methoxy groups -OCH3 is 1. The van der Waals surface area contributed by atoms with Gasteiger partial charge in [-0.1, -0.05) is 11.2 Å². The molecule has 3 rings (SSSR count). The molecule has 0 bridgehead atoms. The summed E-state index contributed by atoms with van der Waals surface area (Å²) in [5, 5.41) is 7.56. The van der Waals surface area contributed by atoms with Gasteiger partial charge in [-0.15, -0.1) is 0 Å². The number of anilines is 1. The number of carbonyl (C=O) groups excluding carboxylic acids is 1. The molecule has 0 saturated carbocycles. The van der Waals surface area contributed by atoms with E-state index in [2.05, 4.69) is 15.5 Å². The minimum Gasteiger partial charge on any atom is -0.380 e. The van der Waals surface area contributed by atoms with Gasteiger partial charge in [-0.2, -0.15) is 0 Å². The molecule has 0 fully saturated rings. The number of H-pyrrole nitrogens is 1. The lowest BCUT2D eigenvalue weighted by Gasteiger charge is -2.09. The van der Waals surface area contributed by atoms with E-state index in [1.165, 1.54) is 6.07 Å². The van der Waals surface area contributed by atoms with Crippen molar-refractivity contribution in [2.24, 2.45) is 0 Å². The van der Waals surface area contributed by atoms with Gasteiger partial charge in [-0.05, 0) is 31.5 Å². The van der Waals surface area contributed by atoms with Gasteiger partial charge in [0, 0.05) is 29.8 Å². The van der Waals surface area contributed by atoms with Gasteiger partial charge in [0.25, 0.3) is 0 Å². The summed E-state index contributed by atoms with van der Waals surface area (Å²) in [6.07, 6.45) is 0.180. The Balaban J connectivity index is 1.84. The molecule has 0 unspecified atom stereocenters. The quantitative estimate of drug-likeness (QED) is 0.743. The second-order valence-corrected chi connectivity index (χ2v) is 5.88. The van der Waals surface area contributed by atoms with Gasteiger partial charge in [0.2, 0.25) is 11.5 Å². The monoisotopic (exact) mass is 341 g/mol. The summed E-state index contributed by atoms with van der Waals surface area (Å²) in [6, 6.07) is 6.90. The number of rotatable bonds is 5. The van der Waals surface area contributed by atoms with Crippen LogP contribution in [-0.2, 0) is 22.6 Å². The molecule has 25 heavy (non-hydrogen) atoms. The van der Waals surface area contributed by atoms with Crippen LogP contribution in [0.2, 0.25) is 0 Å². The molecule has 0 atom stereocenters. The average molecular weight is 341 g/mol. The second-order valence-electron chi connectivity index (χ2n) is 5.88. The number of benzene rings is 1. The van der Waals surface area contributed by atoms with Crippen LogP contribution in [0.5, 0.6) is 0 Å². The van der Waals surface area contributed by atoms with Crippen molar-refractivity contribution in [3.63, 3.8) is 0 Å². The van der Waals surface area contributed by atoms with Crippen LogP contribution in [0.4, 0.5) is 5.69 Å². The fraction of sp³-hybridized carbons (Fsp3) is 0.278. The number of nitrogens with one attached hydrogen (secondary N) is 2. The van der Waals surface area contributed by atoms with Crippen molar-refractivity contribution in [3.8, 4) is 0 Å². The van der Waals surface area contributed by atoms with Gasteiger partial charge in [-0.3, -0.25) is 9.59 Å². The summed E-state index contributed by atoms with van der Waals surface area (Å²) in [7, 11) is 1.58. The molecule has 130 valence electrons. The second kappa shape index (κ2) is 6.90. The van der Waals surface area contributed by atoms with E-state index in [4.69, 9.17) is 9.26 Å². The van der Waals surface area contributed by atoms with Gasteiger partial charge in [0.1, 0.15) is 5.76 Å². The molecule has 1 aromatic carbocycles. The molecule has 1 amide bonds. The van der Waals surface area contributed by atoms with Crippen LogP contribution in [0.15, 0.2) is 33.6 Å². The van der Waals surface area contributed by atoms with Crippen molar-refractivity contribution in [2.45, 2.75) is 26.9 Å². The average Bonchev–Trinajstić information content (AvgIpc) is 2.86. The number of hydrogen-bond donors (Lipinski definition) is 2. The van der Waals surface area contributed by atoms with E-state index in [0.717, 1.165) is 16.5 Å². The predicted octanol–water partition coefficient (Wildman–Crippen LogP) is 2.46. The Bertz CT molecular complexity index is 968. The van der Waals surface area contributed by atoms with Gasteiger partial charge in [0.15, 0.2) is 0 Å². The normalized spacial score (nSPS) is 11.0. The predicted molar refractivity (Wildman–Crippen MR) is 93.6 cm³/mol. The fourth-order valence-electron chi connectivity index (χ4n) is 2.81. The number of fused-ring (bicyclic) bond motifs is 1. The number of hydrogen-bond acceptors (Lipinski definition) is 5. The van der Waals surface area contributed by atoms with Crippen molar-refractivity contribution in [1.82, 2.24) is 10.1 Å². The highest BCUT2D eigenvalue weighted by atomic mass is 16.5. The first kappa shape index (κ1) is 16.9. The van der Waals surface area contributed by atoms with E-state index in [9.17, 15) is 9.59 Å². The maximum absolute atomic E-state index is 12.3. The van der Waals surface area contributed by atoms with Crippen LogP contribution in [0.25, 0.3) is 10.9 Å². The zero-order chi connectivity index (χ0) is 18.0. The van der Waals surface area contributed by atoms with E-state index < -0.39 is 0 Å². The van der Waals surface area contributed by atoms with Crippen molar-refractivity contribution in [1.29, 1.82) is 0 Å². The number of pyridine rings is 1. The summed E-state index contributed by atoms with van der Waals surface area (Å²) < 4.78 is 10.2. The van der Waals surface area contributed by atoms with E-state index in [1.54, 1.807) is 33.1 Å². The van der Waals surface area contributed by atoms with E-state index in [1.807, 2.05) is 6.07 Å². The first-order valence-corrected chi connectivity index (χ1v) is 7.84. The molecule has 3 aromatic rings. The maximum Gasteiger partial charge on any atom is 0.248 e. The summed E-state index contributed by atoms with van der Waals surface area (Å²) in [6.45, 7) is 3.93. The summed E-state index contributed by atoms with van der Waals surface area (Å²) in [5.41, 5.74) is 3.34. The number of amides is 1. The van der Waals surface area contributed by atoms with Crippen LogP contribution in [0.3, 0.4) is 0 Å². The third-order valence-electron chi connectivity index (χ3n) is 4.03. The molecule has 2 heterocycles. The van der Waals surface area contributed by atoms with Gasteiger partial charge >= 0.3 is 0 Å². The van der Waals surface area contributed by atoms with Crippen LogP contribution < -0.4 is 10.9 Å². The molecule has 2 N–H and O–H groups in total. The molecule has 2 aromatic heterocycles. The first-order valence-electron chi connectivity index (χ1n) is 7.84. The third-order valence-corrected chi connectivity index (χ3v) is 4.03. The van der Waals surface area contributed by atoms with E-state index >= 15 is 0 Å². The highest BCUT2D eigenvalue weighted by molar-refractivity contribution is 5.95. The largest absolute Gasteiger partial charge is 0.380 e. The Morgan fingerprint density at radius 1 is 1.32 bits per heavy atom. The van der Waals surface area contributed by atoms with Crippen LogP contribution in [0.1, 0.15) is 22.6 Å². The van der Waals surface area contributed by atoms with Crippen LogP contribution >= 0.6 is 0 Å². The number of aromatic amines is 1. The molecule has 0 spiro atoms. The van der Waals surface area contributed by atoms with Gasteiger partial charge in [-0.25, -0.2) is 0 Å². The van der Waals surface area contributed by atoms with Gasteiger partial charge in [0.05, 0.1) is 24.2 Å². The van der Waals surface area contributed by atoms with Crippen molar-refractivity contribution in [2.75, 3.05) is 12.4 Å². The Hall–Kier alpha value is -2.93. The molecular formula is C18H19N3O4. The first-order chi connectivity index (χ1) is 12.0. The molecule has 0 aliphatic heterocycles. The topological polar surface area (TPSA) is 97.2 Å². The third kappa shape index (κ3) is 3.61. The van der Waals surface area contributed by atoms with Crippen LogP contribution in [-0.4, -0.2) is 23.2 Å². The highest BCUT2D eigenvalue weighted by Gasteiger charge is 2.14. The molecule has 7 nitrogen and oxygen atoms in total. The Morgan fingerprint density at radius 2 is 2.12 bits per heavy atom. The fourth-order valence-corrected chi connectivity index (χ4v) is 2.81.